The number of nitrogens with zero attached hydrogens (tertiary/aromatic N) is 2. The number of aromatic nitrogens is 2. The summed E-state index contributed by atoms with van der Waals surface area (Å²) >= 11 is 1.87. The van der Waals surface area contributed by atoms with Crippen molar-refractivity contribution in [1.29, 1.82) is 0 Å². The van der Waals surface area contributed by atoms with E-state index < -0.39 is 0 Å². The van der Waals surface area contributed by atoms with Crippen LogP contribution < -0.4 is 5.73 Å². The van der Waals surface area contributed by atoms with Gasteiger partial charge in [-0.25, -0.2) is 4.98 Å². The van der Waals surface area contributed by atoms with Gasteiger partial charge >= 0.3 is 0 Å². The maximum atomic E-state index is 6.30. The molecule has 1 heterocycles. The first-order chi connectivity index (χ1) is 9.76. The highest BCUT2D eigenvalue weighted by molar-refractivity contribution is 7.98. The molecule has 0 saturated heterocycles. The molecule has 0 aliphatic carbocycles. The molecule has 0 aliphatic rings. The topological polar surface area (TPSA) is 43.8 Å². The Labute approximate surface area is 125 Å². The first-order valence-electron chi connectivity index (χ1n) is 7.12. The second-order valence-electron chi connectivity index (χ2n) is 4.88. The predicted molar refractivity (Wildman–Crippen MR) is 88.3 cm³/mol. The van der Waals surface area contributed by atoms with Crippen molar-refractivity contribution >= 4 is 17.6 Å². The zero-order valence-corrected chi connectivity index (χ0v) is 13.1. The van der Waals surface area contributed by atoms with Crippen molar-refractivity contribution in [2.45, 2.75) is 32.7 Å². The third-order valence-corrected chi connectivity index (χ3v) is 4.12. The van der Waals surface area contributed by atoms with Gasteiger partial charge in [-0.15, -0.1) is 0 Å². The van der Waals surface area contributed by atoms with E-state index in [0.717, 1.165) is 48.9 Å². The molecule has 0 fully saturated rings. The van der Waals surface area contributed by atoms with E-state index in [1.807, 2.05) is 17.8 Å². The molecule has 3 nitrogen and oxygen atoms in total. The molecular weight excluding hydrogens is 266 g/mol. The van der Waals surface area contributed by atoms with E-state index in [-0.39, 0.29) is 0 Å². The zero-order chi connectivity index (χ0) is 14.4. The normalized spacial score (nSPS) is 10.9. The monoisotopic (exact) mass is 289 g/mol. The van der Waals surface area contributed by atoms with Crippen molar-refractivity contribution in [2.24, 2.45) is 0 Å². The molecule has 20 heavy (non-hydrogen) atoms. The van der Waals surface area contributed by atoms with Gasteiger partial charge in [-0.1, -0.05) is 37.3 Å². The molecule has 0 radical (unpaired) electrons. The molecule has 2 rings (SSSR count). The number of hydrogen-bond acceptors (Lipinski definition) is 3. The second kappa shape index (κ2) is 7.39. The van der Waals surface area contributed by atoms with Gasteiger partial charge in [-0.2, -0.15) is 11.8 Å². The minimum absolute atomic E-state index is 0.811. The van der Waals surface area contributed by atoms with Crippen LogP contribution in [0, 0.1) is 0 Å². The van der Waals surface area contributed by atoms with Crippen molar-refractivity contribution in [3.8, 4) is 0 Å². The number of aryl methyl sites for hydroxylation is 2. The van der Waals surface area contributed by atoms with E-state index in [9.17, 15) is 0 Å². The third-order valence-electron chi connectivity index (χ3n) is 3.42. The molecule has 0 saturated carbocycles. The summed E-state index contributed by atoms with van der Waals surface area (Å²) in [6.07, 6.45) is 5.16. The summed E-state index contributed by atoms with van der Waals surface area (Å²) < 4.78 is 2.16. The van der Waals surface area contributed by atoms with Crippen molar-refractivity contribution < 1.29 is 0 Å². The van der Waals surface area contributed by atoms with E-state index in [4.69, 9.17) is 10.7 Å². The Morgan fingerprint density at radius 2 is 2.00 bits per heavy atom. The number of hydrogen-bond donors (Lipinski definition) is 1. The first-order valence-corrected chi connectivity index (χ1v) is 8.52. The van der Waals surface area contributed by atoms with Crippen LogP contribution in [0.1, 0.15) is 30.4 Å². The van der Waals surface area contributed by atoms with Crippen LogP contribution in [0.5, 0.6) is 0 Å². The van der Waals surface area contributed by atoms with Gasteiger partial charge in [0.1, 0.15) is 11.6 Å². The molecule has 0 aliphatic heterocycles. The highest BCUT2D eigenvalue weighted by Crippen LogP contribution is 2.19. The van der Waals surface area contributed by atoms with Gasteiger partial charge in [0.25, 0.3) is 0 Å². The van der Waals surface area contributed by atoms with E-state index in [2.05, 4.69) is 42.0 Å². The molecule has 1 aromatic heterocycles. The molecule has 1 aromatic carbocycles. The summed E-state index contributed by atoms with van der Waals surface area (Å²) in [5, 5.41) is 0. The third kappa shape index (κ3) is 3.57. The van der Waals surface area contributed by atoms with E-state index in [0.29, 0.717) is 0 Å². The summed E-state index contributed by atoms with van der Waals surface area (Å²) in [6.45, 7) is 2.94. The Morgan fingerprint density at radius 1 is 1.25 bits per heavy atom. The van der Waals surface area contributed by atoms with E-state index in [1.165, 1.54) is 5.56 Å². The van der Waals surface area contributed by atoms with Crippen LogP contribution in [0.3, 0.4) is 0 Å². The lowest BCUT2D eigenvalue weighted by Crippen LogP contribution is -2.08. The summed E-state index contributed by atoms with van der Waals surface area (Å²) in [6, 6.07) is 10.4. The number of anilines is 1. The average Bonchev–Trinajstić information content (AvgIpc) is 2.77. The molecule has 2 N–H and O–H groups in total. The molecule has 4 heteroatoms. The molecule has 0 amide bonds. The quantitative estimate of drug-likeness (QED) is 0.795. The average molecular weight is 289 g/mol. The zero-order valence-electron chi connectivity index (χ0n) is 12.3. The highest BCUT2D eigenvalue weighted by Gasteiger charge is 2.13. The number of rotatable bonds is 7. The van der Waals surface area contributed by atoms with Crippen molar-refractivity contribution in [3.63, 3.8) is 0 Å². The van der Waals surface area contributed by atoms with Gasteiger partial charge < -0.3 is 10.3 Å². The maximum absolute atomic E-state index is 6.30. The second-order valence-corrected chi connectivity index (χ2v) is 5.87. The number of benzene rings is 1. The summed E-state index contributed by atoms with van der Waals surface area (Å²) in [4.78, 5) is 4.72. The summed E-state index contributed by atoms with van der Waals surface area (Å²) in [5.74, 6) is 3.09. The van der Waals surface area contributed by atoms with Crippen molar-refractivity contribution in [2.75, 3.05) is 17.7 Å². The summed E-state index contributed by atoms with van der Waals surface area (Å²) in [7, 11) is 0. The SMILES string of the molecule is CCc1nc(CCCSC)c(N)n1Cc1ccccc1. The van der Waals surface area contributed by atoms with Gasteiger partial charge in [-0.3, -0.25) is 0 Å². The maximum Gasteiger partial charge on any atom is 0.127 e. The van der Waals surface area contributed by atoms with E-state index >= 15 is 0 Å². The Kier molecular flexibility index (Phi) is 5.53. The fourth-order valence-electron chi connectivity index (χ4n) is 2.35. The van der Waals surface area contributed by atoms with Crippen LogP contribution in [0.15, 0.2) is 30.3 Å². The van der Waals surface area contributed by atoms with Gasteiger partial charge in [0, 0.05) is 6.42 Å². The van der Waals surface area contributed by atoms with Crippen LogP contribution in [0.2, 0.25) is 0 Å². The Morgan fingerprint density at radius 3 is 2.65 bits per heavy atom. The Bertz CT molecular complexity index is 534. The lowest BCUT2D eigenvalue weighted by molar-refractivity contribution is 0.740. The molecule has 0 spiro atoms. The fraction of sp³-hybridized carbons (Fsp3) is 0.438. The molecule has 108 valence electrons. The highest BCUT2D eigenvalue weighted by atomic mass is 32.2. The van der Waals surface area contributed by atoms with Crippen LogP contribution in [-0.2, 0) is 19.4 Å². The smallest absolute Gasteiger partial charge is 0.127 e. The largest absolute Gasteiger partial charge is 0.384 e. The minimum atomic E-state index is 0.811. The van der Waals surface area contributed by atoms with Gasteiger partial charge in [0.2, 0.25) is 0 Å². The molecule has 0 atom stereocenters. The number of nitrogen functional groups attached to an aromatic ring is 1. The molecule has 0 unspecified atom stereocenters. The van der Waals surface area contributed by atoms with Gasteiger partial charge in [0.15, 0.2) is 0 Å². The van der Waals surface area contributed by atoms with Crippen molar-refractivity contribution in [3.05, 3.63) is 47.4 Å². The standard InChI is InChI=1S/C16H23N3S/c1-3-15-18-14(10-7-11-20-2)16(17)19(15)12-13-8-5-4-6-9-13/h4-6,8-9H,3,7,10-12,17H2,1-2H3. The van der Waals surface area contributed by atoms with Gasteiger partial charge in [-0.05, 0) is 30.4 Å². The van der Waals surface area contributed by atoms with Crippen LogP contribution in [-0.4, -0.2) is 21.6 Å². The lowest BCUT2D eigenvalue weighted by Gasteiger charge is -2.09. The minimum Gasteiger partial charge on any atom is -0.384 e. The van der Waals surface area contributed by atoms with Crippen molar-refractivity contribution in [1.82, 2.24) is 9.55 Å². The number of thioether (sulfide) groups is 1. The fourth-order valence-corrected chi connectivity index (χ4v) is 2.78. The molecule has 2 aromatic rings. The van der Waals surface area contributed by atoms with Crippen LogP contribution in [0.4, 0.5) is 5.82 Å². The van der Waals surface area contributed by atoms with Gasteiger partial charge in [0.05, 0.1) is 12.2 Å². The number of nitrogens with two attached hydrogens (primary N) is 1. The molecular formula is C16H23N3S. The number of imidazole rings is 1. The Hall–Kier alpha value is -1.42. The first kappa shape index (κ1) is 15.0. The van der Waals surface area contributed by atoms with Crippen LogP contribution >= 0.6 is 11.8 Å². The molecule has 0 bridgehead atoms. The Balaban J connectivity index is 2.18. The predicted octanol–water partition coefficient (Wildman–Crippen LogP) is 3.37. The lowest BCUT2D eigenvalue weighted by atomic mass is 10.2. The van der Waals surface area contributed by atoms with E-state index in [1.54, 1.807) is 0 Å². The van der Waals surface area contributed by atoms with Crippen LogP contribution in [0.25, 0.3) is 0 Å². The summed E-state index contributed by atoms with van der Waals surface area (Å²) in [5.41, 5.74) is 8.63.